The van der Waals surface area contributed by atoms with E-state index in [0.717, 1.165) is 0 Å². The zero-order valence-electron chi connectivity index (χ0n) is 11.1. The van der Waals surface area contributed by atoms with Gasteiger partial charge in [0.25, 0.3) is 0 Å². The average molecular weight is 403 g/mol. The van der Waals surface area contributed by atoms with E-state index < -0.39 is 6.36 Å². The third-order valence-corrected chi connectivity index (χ3v) is 1.99. The maximum atomic E-state index is 12.0. The molecule has 0 aromatic heterocycles. The second kappa shape index (κ2) is 8.18. The standard InChI is InChI=1S/C12H16F3N3O.HI/c1-8(2)7-17-11(16)18-9-3-5-10(6-4-9)19-12(13,14)15;/h3-6,8H,7H2,1-2H3,(H3,16,17,18);1H. The molecule has 0 aliphatic rings. The first-order valence-corrected chi connectivity index (χ1v) is 5.69. The second-order valence-corrected chi connectivity index (χ2v) is 4.32. The van der Waals surface area contributed by atoms with Crippen molar-refractivity contribution in [2.45, 2.75) is 20.2 Å². The smallest absolute Gasteiger partial charge is 0.406 e. The van der Waals surface area contributed by atoms with E-state index in [1.807, 2.05) is 13.8 Å². The quantitative estimate of drug-likeness (QED) is 0.459. The van der Waals surface area contributed by atoms with Crippen molar-refractivity contribution in [2.24, 2.45) is 16.6 Å². The van der Waals surface area contributed by atoms with Gasteiger partial charge in [0.05, 0.1) is 0 Å². The van der Waals surface area contributed by atoms with Crippen molar-refractivity contribution < 1.29 is 17.9 Å². The summed E-state index contributed by atoms with van der Waals surface area (Å²) < 4.78 is 39.6. The molecule has 1 rings (SSSR count). The molecule has 0 heterocycles. The number of anilines is 1. The molecule has 0 unspecified atom stereocenters. The minimum absolute atomic E-state index is 0. The van der Waals surface area contributed by atoms with Crippen LogP contribution in [0.5, 0.6) is 5.75 Å². The lowest BCUT2D eigenvalue weighted by Gasteiger charge is -2.10. The molecule has 0 saturated carbocycles. The summed E-state index contributed by atoms with van der Waals surface area (Å²) in [5.41, 5.74) is 6.16. The summed E-state index contributed by atoms with van der Waals surface area (Å²) in [5, 5.41) is 2.78. The molecule has 0 spiro atoms. The van der Waals surface area contributed by atoms with Gasteiger partial charge >= 0.3 is 6.36 Å². The minimum Gasteiger partial charge on any atom is -0.406 e. The van der Waals surface area contributed by atoms with Crippen LogP contribution in [0.15, 0.2) is 29.3 Å². The normalized spacial score (nSPS) is 12.0. The third kappa shape index (κ3) is 8.08. The van der Waals surface area contributed by atoms with Crippen LogP contribution >= 0.6 is 24.0 Å². The van der Waals surface area contributed by atoms with Crippen LogP contribution in [0.25, 0.3) is 0 Å². The molecular weight excluding hydrogens is 386 g/mol. The average Bonchev–Trinajstić information content (AvgIpc) is 2.27. The number of nitrogens with zero attached hydrogens (tertiary/aromatic N) is 1. The Kier molecular flexibility index (Phi) is 7.69. The Labute approximate surface area is 132 Å². The number of guanidine groups is 1. The first kappa shape index (κ1) is 18.8. The SMILES string of the molecule is CC(C)CN=C(N)Nc1ccc(OC(F)(F)F)cc1.I. The number of halogens is 4. The summed E-state index contributed by atoms with van der Waals surface area (Å²) in [6.45, 7) is 4.58. The van der Waals surface area contributed by atoms with E-state index >= 15 is 0 Å². The number of alkyl halides is 3. The Hall–Kier alpha value is -1.19. The molecule has 0 bridgehead atoms. The minimum atomic E-state index is -4.69. The summed E-state index contributed by atoms with van der Waals surface area (Å²) in [6, 6.07) is 5.26. The molecule has 3 N–H and O–H groups in total. The molecule has 20 heavy (non-hydrogen) atoms. The summed E-state index contributed by atoms with van der Waals surface area (Å²) in [7, 11) is 0. The summed E-state index contributed by atoms with van der Waals surface area (Å²) in [5.74, 6) is 0.317. The molecule has 0 saturated heterocycles. The van der Waals surface area contributed by atoms with E-state index in [1.165, 1.54) is 24.3 Å². The van der Waals surface area contributed by atoms with Crippen LogP contribution in [0.1, 0.15) is 13.8 Å². The van der Waals surface area contributed by atoms with Gasteiger partial charge in [0.2, 0.25) is 0 Å². The highest BCUT2D eigenvalue weighted by molar-refractivity contribution is 14.0. The van der Waals surface area contributed by atoms with Gasteiger partial charge in [0.15, 0.2) is 5.96 Å². The van der Waals surface area contributed by atoms with Gasteiger partial charge in [-0.15, -0.1) is 37.1 Å². The molecule has 0 radical (unpaired) electrons. The Bertz CT molecular complexity index is 433. The Morgan fingerprint density at radius 2 is 1.85 bits per heavy atom. The molecule has 4 nitrogen and oxygen atoms in total. The number of rotatable bonds is 4. The lowest BCUT2D eigenvalue weighted by atomic mass is 10.2. The number of hydrogen-bond donors (Lipinski definition) is 2. The number of ether oxygens (including phenoxy) is 1. The predicted molar refractivity (Wildman–Crippen MR) is 83.5 cm³/mol. The molecule has 0 aliphatic carbocycles. The molecule has 1 aromatic rings. The fourth-order valence-electron chi connectivity index (χ4n) is 1.21. The second-order valence-electron chi connectivity index (χ2n) is 4.32. The van der Waals surface area contributed by atoms with E-state index in [0.29, 0.717) is 18.2 Å². The third-order valence-electron chi connectivity index (χ3n) is 1.99. The fraction of sp³-hybridized carbons (Fsp3) is 0.417. The van der Waals surface area contributed by atoms with Gasteiger partial charge < -0.3 is 15.8 Å². The summed E-state index contributed by atoms with van der Waals surface area (Å²) in [4.78, 5) is 4.07. The van der Waals surface area contributed by atoms with Crippen LogP contribution < -0.4 is 15.8 Å². The molecule has 8 heteroatoms. The van der Waals surface area contributed by atoms with Crippen molar-refractivity contribution in [1.82, 2.24) is 0 Å². The van der Waals surface area contributed by atoms with E-state index in [4.69, 9.17) is 5.73 Å². The van der Waals surface area contributed by atoms with E-state index in [-0.39, 0.29) is 35.7 Å². The molecule has 1 aromatic carbocycles. The molecule has 0 aliphatic heterocycles. The molecule has 0 amide bonds. The van der Waals surface area contributed by atoms with Gasteiger partial charge in [-0.1, -0.05) is 13.8 Å². The Balaban J connectivity index is 0.00000361. The highest BCUT2D eigenvalue weighted by atomic mass is 127. The Morgan fingerprint density at radius 3 is 2.30 bits per heavy atom. The summed E-state index contributed by atoms with van der Waals surface area (Å²) in [6.07, 6.45) is -4.69. The van der Waals surface area contributed by atoms with Crippen LogP contribution in [-0.2, 0) is 0 Å². The molecule has 0 atom stereocenters. The van der Waals surface area contributed by atoms with Gasteiger partial charge in [-0.25, -0.2) is 0 Å². The topological polar surface area (TPSA) is 59.6 Å². The number of benzene rings is 1. The largest absolute Gasteiger partial charge is 0.573 e. The van der Waals surface area contributed by atoms with Crippen molar-refractivity contribution >= 4 is 35.6 Å². The van der Waals surface area contributed by atoms with Gasteiger partial charge in [0.1, 0.15) is 5.75 Å². The van der Waals surface area contributed by atoms with Crippen molar-refractivity contribution in [2.75, 3.05) is 11.9 Å². The maximum absolute atomic E-state index is 12.0. The predicted octanol–water partition coefficient (Wildman–Crippen LogP) is 3.59. The van der Waals surface area contributed by atoms with Crippen LogP contribution in [0.3, 0.4) is 0 Å². The zero-order valence-corrected chi connectivity index (χ0v) is 13.4. The first-order chi connectivity index (χ1) is 8.76. The molecule has 114 valence electrons. The summed E-state index contributed by atoms with van der Waals surface area (Å²) >= 11 is 0. The van der Waals surface area contributed by atoms with Crippen LogP contribution in [0, 0.1) is 5.92 Å². The number of nitrogens with two attached hydrogens (primary N) is 1. The monoisotopic (exact) mass is 403 g/mol. The van der Waals surface area contributed by atoms with Crippen LogP contribution in [0.2, 0.25) is 0 Å². The first-order valence-electron chi connectivity index (χ1n) is 5.69. The fourth-order valence-corrected chi connectivity index (χ4v) is 1.21. The van der Waals surface area contributed by atoms with Gasteiger partial charge in [0, 0.05) is 12.2 Å². The van der Waals surface area contributed by atoms with Crippen molar-refractivity contribution in [3.05, 3.63) is 24.3 Å². The van der Waals surface area contributed by atoms with E-state index in [1.54, 1.807) is 0 Å². The van der Waals surface area contributed by atoms with Gasteiger partial charge in [-0.3, -0.25) is 4.99 Å². The van der Waals surface area contributed by atoms with Crippen molar-refractivity contribution in [3.63, 3.8) is 0 Å². The number of hydrogen-bond acceptors (Lipinski definition) is 2. The van der Waals surface area contributed by atoms with E-state index in [9.17, 15) is 13.2 Å². The Morgan fingerprint density at radius 1 is 1.30 bits per heavy atom. The molecule has 0 fully saturated rings. The maximum Gasteiger partial charge on any atom is 0.573 e. The highest BCUT2D eigenvalue weighted by Crippen LogP contribution is 2.23. The number of aliphatic imine (C=N–C) groups is 1. The van der Waals surface area contributed by atoms with Gasteiger partial charge in [-0.05, 0) is 30.2 Å². The molecular formula is C12H17F3IN3O. The zero-order chi connectivity index (χ0) is 14.5. The van der Waals surface area contributed by atoms with E-state index in [2.05, 4.69) is 15.0 Å². The lowest BCUT2D eigenvalue weighted by molar-refractivity contribution is -0.274. The van der Waals surface area contributed by atoms with Crippen LogP contribution in [0.4, 0.5) is 18.9 Å². The highest BCUT2D eigenvalue weighted by Gasteiger charge is 2.30. The lowest BCUT2D eigenvalue weighted by Crippen LogP contribution is -2.23. The van der Waals surface area contributed by atoms with Crippen molar-refractivity contribution in [1.29, 1.82) is 0 Å². The number of nitrogens with one attached hydrogen (secondary N) is 1. The van der Waals surface area contributed by atoms with Crippen molar-refractivity contribution in [3.8, 4) is 5.75 Å². The van der Waals surface area contributed by atoms with Crippen LogP contribution in [-0.4, -0.2) is 18.9 Å². The van der Waals surface area contributed by atoms with Gasteiger partial charge in [-0.2, -0.15) is 0 Å².